The van der Waals surface area contributed by atoms with Crippen molar-refractivity contribution in [2.45, 2.75) is 25.8 Å². The minimum absolute atomic E-state index is 0.0301. The third kappa shape index (κ3) is 2.97. The van der Waals surface area contributed by atoms with Gasteiger partial charge in [-0.25, -0.2) is 0 Å². The molecule has 0 aromatic carbocycles. The molecule has 13 heavy (non-hydrogen) atoms. The SMILES string of the molecule is CCC(CO)NC(=O)C1CCNC1. The highest BCUT2D eigenvalue weighted by Crippen LogP contribution is 2.07. The fourth-order valence-electron chi connectivity index (χ4n) is 1.47. The summed E-state index contributed by atoms with van der Waals surface area (Å²) in [5.74, 6) is 0.173. The predicted molar refractivity (Wildman–Crippen MR) is 50.3 cm³/mol. The molecule has 0 radical (unpaired) electrons. The molecule has 0 aromatic rings. The third-order valence-corrected chi connectivity index (χ3v) is 2.49. The molecule has 0 saturated carbocycles. The summed E-state index contributed by atoms with van der Waals surface area (Å²) in [6.45, 7) is 3.68. The number of carbonyl (C=O) groups excluding carboxylic acids is 1. The summed E-state index contributed by atoms with van der Waals surface area (Å²) in [4.78, 5) is 11.5. The van der Waals surface area contributed by atoms with E-state index in [2.05, 4.69) is 10.6 Å². The van der Waals surface area contributed by atoms with Gasteiger partial charge in [-0.3, -0.25) is 4.79 Å². The van der Waals surface area contributed by atoms with E-state index in [1.54, 1.807) is 0 Å². The van der Waals surface area contributed by atoms with Gasteiger partial charge in [-0.1, -0.05) is 6.92 Å². The number of aliphatic hydroxyl groups excluding tert-OH is 1. The lowest BCUT2D eigenvalue weighted by Crippen LogP contribution is -2.41. The van der Waals surface area contributed by atoms with Gasteiger partial charge < -0.3 is 15.7 Å². The van der Waals surface area contributed by atoms with Crippen LogP contribution in [0.1, 0.15) is 19.8 Å². The summed E-state index contributed by atoms with van der Waals surface area (Å²) in [7, 11) is 0. The molecule has 1 rings (SSSR count). The summed E-state index contributed by atoms with van der Waals surface area (Å²) >= 11 is 0. The van der Waals surface area contributed by atoms with Crippen LogP contribution in [-0.4, -0.2) is 36.8 Å². The molecule has 1 saturated heterocycles. The van der Waals surface area contributed by atoms with E-state index in [-0.39, 0.29) is 24.5 Å². The van der Waals surface area contributed by atoms with E-state index in [9.17, 15) is 4.79 Å². The number of aliphatic hydroxyl groups is 1. The largest absolute Gasteiger partial charge is 0.394 e. The molecule has 0 spiro atoms. The van der Waals surface area contributed by atoms with Crippen LogP contribution in [0.4, 0.5) is 0 Å². The maximum absolute atomic E-state index is 11.5. The molecule has 76 valence electrons. The number of hydrogen-bond donors (Lipinski definition) is 3. The van der Waals surface area contributed by atoms with Gasteiger partial charge in [0.15, 0.2) is 0 Å². The van der Waals surface area contributed by atoms with Gasteiger partial charge in [-0.15, -0.1) is 0 Å². The van der Waals surface area contributed by atoms with Crippen LogP contribution in [0.5, 0.6) is 0 Å². The van der Waals surface area contributed by atoms with Crippen molar-refractivity contribution in [3.63, 3.8) is 0 Å². The molecule has 0 aliphatic carbocycles. The average Bonchev–Trinajstić information content (AvgIpc) is 2.66. The van der Waals surface area contributed by atoms with Crippen molar-refractivity contribution in [2.24, 2.45) is 5.92 Å². The molecule has 4 heteroatoms. The molecule has 1 heterocycles. The van der Waals surface area contributed by atoms with E-state index in [0.717, 1.165) is 25.9 Å². The fourth-order valence-corrected chi connectivity index (χ4v) is 1.47. The minimum atomic E-state index is -0.0758. The van der Waals surface area contributed by atoms with Crippen molar-refractivity contribution in [3.05, 3.63) is 0 Å². The van der Waals surface area contributed by atoms with Crippen LogP contribution in [0.25, 0.3) is 0 Å². The maximum Gasteiger partial charge on any atom is 0.224 e. The molecule has 0 bridgehead atoms. The van der Waals surface area contributed by atoms with Gasteiger partial charge in [0.25, 0.3) is 0 Å². The van der Waals surface area contributed by atoms with E-state index < -0.39 is 0 Å². The topological polar surface area (TPSA) is 61.4 Å². The van der Waals surface area contributed by atoms with E-state index in [1.807, 2.05) is 6.92 Å². The summed E-state index contributed by atoms with van der Waals surface area (Å²) in [5.41, 5.74) is 0. The summed E-state index contributed by atoms with van der Waals surface area (Å²) in [5, 5.41) is 14.9. The Balaban J connectivity index is 2.30. The van der Waals surface area contributed by atoms with E-state index in [1.165, 1.54) is 0 Å². The van der Waals surface area contributed by atoms with Crippen molar-refractivity contribution in [1.82, 2.24) is 10.6 Å². The van der Waals surface area contributed by atoms with Crippen molar-refractivity contribution >= 4 is 5.91 Å². The molecule has 1 amide bonds. The Kier molecular flexibility index (Phi) is 4.18. The molecular formula is C9H18N2O2. The van der Waals surface area contributed by atoms with Crippen LogP contribution < -0.4 is 10.6 Å². The first-order chi connectivity index (χ1) is 6.27. The number of rotatable bonds is 4. The first-order valence-electron chi connectivity index (χ1n) is 4.89. The zero-order valence-electron chi connectivity index (χ0n) is 8.05. The molecule has 0 aromatic heterocycles. The average molecular weight is 186 g/mol. The highest BCUT2D eigenvalue weighted by molar-refractivity contribution is 5.79. The molecule has 2 unspecified atom stereocenters. The quantitative estimate of drug-likeness (QED) is 0.554. The third-order valence-electron chi connectivity index (χ3n) is 2.49. The van der Waals surface area contributed by atoms with Crippen molar-refractivity contribution in [1.29, 1.82) is 0 Å². The van der Waals surface area contributed by atoms with E-state index in [4.69, 9.17) is 5.11 Å². The van der Waals surface area contributed by atoms with Crippen LogP contribution in [0.15, 0.2) is 0 Å². The number of hydrogen-bond acceptors (Lipinski definition) is 3. The Hall–Kier alpha value is -0.610. The van der Waals surface area contributed by atoms with Gasteiger partial charge in [0.05, 0.1) is 18.6 Å². The van der Waals surface area contributed by atoms with Crippen LogP contribution in [0, 0.1) is 5.92 Å². The summed E-state index contributed by atoms with van der Waals surface area (Å²) < 4.78 is 0. The normalized spacial score (nSPS) is 24.3. The van der Waals surface area contributed by atoms with Crippen molar-refractivity contribution in [3.8, 4) is 0 Å². The second-order valence-corrected chi connectivity index (χ2v) is 3.49. The Morgan fingerprint density at radius 2 is 2.54 bits per heavy atom. The lowest BCUT2D eigenvalue weighted by molar-refractivity contribution is -0.125. The van der Waals surface area contributed by atoms with Crippen molar-refractivity contribution in [2.75, 3.05) is 19.7 Å². The minimum Gasteiger partial charge on any atom is -0.394 e. The molecule has 1 aliphatic heterocycles. The zero-order valence-corrected chi connectivity index (χ0v) is 8.05. The van der Waals surface area contributed by atoms with Gasteiger partial charge in [0.1, 0.15) is 0 Å². The first-order valence-corrected chi connectivity index (χ1v) is 4.89. The molecule has 1 aliphatic rings. The molecule has 3 N–H and O–H groups in total. The standard InChI is InChI=1S/C9H18N2O2/c1-2-8(6-12)11-9(13)7-3-4-10-5-7/h7-8,10,12H,2-6H2,1H3,(H,11,13). The highest BCUT2D eigenvalue weighted by atomic mass is 16.3. The lowest BCUT2D eigenvalue weighted by Gasteiger charge is -2.16. The molecule has 1 fully saturated rings. The number of carbonyl (C=O) groups is 1. The molecular weight excluding hydrogens is 168 g/mol. The Morgan fingerprint density at radius 3 is 3.00 bits per heavy atom. The van der Waals surface area contributed by atoms with Gasteiger partial charge in [0.2, 0.25) is 5.91 Å². The molecule has 4 nitrogen and oxygen atoms in total. The summed E-state index contributed by atoms with van der Waals surface area (Å²) in [6.07, 6.45) is 1.69. The van der Waals surface area contributed by atoms with E-state index in [0.29, 0.717) is 0 Å². The van der Waals surface area contributed by atoms with Gasteiger partial charge in [-0.05, 0) is 19.4 Å². The lowest BCUT2D eigenvalue weighted by atomic mass is 10.1. The monoisotopic (exact) mass is 186 g/mol. The number of amides is 1. The van der Waals surface area contributed by atoms with Gasteiger partial charge in [-0.2, -0.15) is 0 Å². The first kappa shape index (κ1) is 10.5. The molecule has 2 atom stereocenters. The van der Waals surface area contributed by atoms with Crippen LogP contribution in [-0.2, 0) is 4.79 Å². The highest BCUT2D eigenvalue weighted by Gasteiger charge is 2.23. The van der Waals surface area contributed by atoms with E-state index >= 15 is 0 Å². The second-order valence-electron chi connectivity index (χ2n) is 3.49. The van der Waals surface area contributed by atoms with Crippen molar-refractivity contribution < 1.29 is 9.90 Å². The van der Waals surface area contributed by atoms with Crippen LogP contribution in [0.2, 0.25) is 0 Å². The van der Waals surface area contributed by atoms with Gasteiger partial charge in [0, 0.05) is 6.54 Å². The number of nitrogens with one attached hydrogen (secondary N) is 2. The fraction of sp³-hybridized carbons (Fsp3) is 0.889. The summed E-state index contributed by atoms with van der Waals surface area (Å²) in [6, 6.07) is -0.0758. The van der Waals surface area contributed by atoms with Crippen LogP contribution in [0.3, 0.4) is 0 Å². The van der Waals surface area contributed by atoms with Crippen LogP contribution >= 0.6 is 0 Å². The predicted octanol–water partition coefficient (Wildman–Crippen LogP) is -0.517. The zero-order chi connectivity index (χ0) is 9.68. The Labute approximate surface area is 78.7 Å². The van der Waals surface area contributed by atoms with Gasteiger partial charge >= 0.3 is 0 Å². The maximum atomic E-state index is 11.5. The Bertz CT molecular complexity index is 163. The second kappa shape index (κ2) is 5.19. The Morgan fingerprint density at radius 1 is 1.77 bits per heavy atom. The smallest absolute Gasteiger partial charge is 0.224 e.